The van der Waals surface area contributed by atoms with E-state index in [4.69, 9.17) is 9.40 Å². The van der Waals surface area contributed by atoms with Crippen molar-refractivity contribution in [2.45, 2.75) is 0 Å². The Morgan fingerprint density at radius 2 is 0.952 bits per heavy atom. The Hall–Kier alpha value is -5.67. The number of fused-ring (bicyclic) bond motifs is 1. The van der Waals surface area contributed by atoms with Gasteiger partial charge in [-0.25, -0.2) is 4.98 Å². The summed E-state index contributed by atoms with van der Waals surface area (Å²) in [6.07, 6.45) is 3.96. The number of anilines is 3. The first-order valence-corrected chi connectivity index (χ1v) is 14.0. The molecule has 6 aromatic carbocycles. The molecule has 3 heteroatoms. The van der Waals surface area contributed by atoms with Crippen LogP contribution in [0, 0.1) is 0 Å². The Morgan fingerprint density at radius 3 is 1.57 bits per heavy atom. The van der Waals surface area contributed by atoms with E-state index in [1.54, 1.807) is 0 Å². The van der Waals surface area contributed by atoms with Crippen molar-refractivity contribution in [3.63, 3.8) is 0 Å². The minimum atomic E-state index is 0.584. The molecule has 7 rings (SSSR count). The fraction of sp³-hybridized carbons (Fsp3) is 0. The molecule has 0 fully saturated rings. The molecule has 0 spiro atoms. The van der Waals surface area contributed by atoms with Crippen LogP contribution < -0.4 is 4.90 Å². The maximum atomic E-state index is 6.03. The molecule has 0 N–H and O–H groups in total. The Bertz CT molecular complexity index is 1900. The number of hydrogen-bond acceptors (Lipinski definition) is 3. The van der Waals surface area contributed by atoms with Crippen LogP contribution >= 0.6 is 0 Å². The molecule has 0 radical (unpaired) electrons. The van der Waals surface area contributed by atoms with Gasteiger partial charge in [0.05, 0.1) is 0 Å². The maximum Gasteiger partial charge on any atom is 0.220 e. The third-order valence-corrected chi connectivity index (χ3v) is 7.33. The summed E-state index contributed by atoms with van der Waals surface area (Å²) in [5, 5.41) is 0. The highest BCUT2D eigenvalue weighted by Gasteiger charge is 2.11. The molecule has 1 aromatic heterocycles. The van der Waals surface area contributed by atoms with Crippen LogP contribution in [0.4, 0.5) is 17.1 Å². The van der Waals surface area contributed by atoms with Crippen molar-refractivity contribution in [2.75, 3.05) is 4.90 Å². The van der Waals surface area contributed by atoms with E-state index in [1.165, 1.54) is 11.1 Å². The van der Waals surface area contributed by atoms with Crippen LogP contribution in [0.2, 0.25) is 0 Å². The summed E-state index contributed by atoms with van der Waals surface area (Å²) in [6, 6.07) is 54.6. The topological polar surface area (TPSA) is 29.3 Å². The first-order chi connectivity index (χ1) is 20.8. The molecular weight excluding hydrogens is 512 g/mol. The molecule has 0 aliphatic carbocycles. The molecule has 0 aliphatic rings. The summed E-state index contributed by atoms with van der Waals surface area (Å²) in [4.78, 5) is 6.99. The molecule has 0 saturated carbocycles. The summed E-state index contributed by atoms with van der Waals surface area (Å²) in [6.45, 7) is 0. The number of hydrogen-bond donors (Lipinski definition) is 0. The molecule has 42 heavy (non-hydrogen) atoms. The summed E-state index contributed by atoms with van der Waals surface area (Å²) in [5.41, 5.74) is 10.7. The van der Waals surface area contributed by atoms with Crippen LogP contribution in [0.1, 0.15) is 11.5 Å². The highest BCUT2D eigenvalue weighted by Crippen LogP contribution is 2.34. The lowest BCUT2D eigenvalue weighted by atomic mass is 10.0. The van der Waals surface area contributed by atoms with E-state index in [2.05, 4.69) is 138 Å². The fourth-order valence-corrected chi connectivity index (χ4v) is 5.19. The van der Waals surface area contributed by atoms with Crippen LogP contribution in [0.15, 0.2) is 162 Å². The van der Waals surface area contributed by atoms with Crippen LogP contribution in [0.3, 0.4) is 0 Å². The number of oxazole rings is 1. The first-order valence-electron chi connectivity index (χ1n) is 14.0. The lowest BCUT2D eigenvalue weighted by Gasteiger charge is -2.25. The zero-order chi connectivity index (χ0) is 28.1. The van der Waals surface area contributed by atoms with Gasteiger partial charge in [-0.15, -0.1) is 0 Å². The van der Waals surface area contributed by atoms with E-state index in [1.807, 2.05) is 36.4 Å². The zero-order valence-corrected chi connectivity index (χ0v) is 23.0. The van der Waals surface area contributed by atoms with Gasteiger partial charge in [-0.1, -0.05) is 109 Å². The van der Waals surface area contributed by atoms with Crippen molar-refractivity contribution in [2.24, 2.45) is 0 Å². The van der Waals surface area contributed by atoms with Crippen LogP contribution in [0.25, 0.3) is 45.5 Å². The van der Waals surface area contributed by atoms with Gasteiger partial charge >= 0.3 is 0 Å². The number of nitrogens with zero attached hydrogens (tertiary/aromatic N) is 2. The van der Waals surface area contributed by atoms with Gasteiger partial charge in [-0.05, 0) is 82.4 Å². The van der Waals surface area contributed by atoms with E-state index in [-0.39, 0.29) is 0 Å². The largest absolute Gasteiger partial charge is 0.437 e. The summed E-state index contributed by atoms with van der Waals surface area (Å²) in [5.74, 6) is 0.584. The fourth-order valence-electron chi connectivity index (χ4n) is 5.19. The number of rotatable bonds is 7. The van der Waals surface area contributed by atoms with Gasteiger partial charge in [0, 0.05) is 23.1 Å². The summed E-state index contributed by atoms with van der Waals surface area (Å²) >= 11 is 0. The molecule has 0 atom stereocenters. The van der Waals surface area contributed by atoms with Crippen LogP contribution in [-0.4, -0.2) is 4.98 Å². The van der Waals surface area contributed by atoms with E-state index >= 15 is 0 Å². The van der Waals surface area contributed by atoms with Crippen molar-refractivity contribution in [1.82, 2.24) is 4.98 Å². The quantitative estimate of drug-likeness (QED) is 0.201. The van der Waals surface area contributed by atoms with Crippen molar-refractivity contribution in [3.05, 3.63) is 169 Å². The van der Waals surface area contributed by atoms with Gasteiger partial charge in [0.25, 0.3) is 0 Å². The Labute approximate surface area is 245 Å². The standard InChI is InChI=1S/C39H28N2O/c1-4-10-30(11-5-1)31-19-21-32(22-20-31)33-23-26-38-37(28-33)40-39(42-38)27-18-29-16-24-36(25-17-29)41(34-12-6-2-7-13-34)35-14-8-3-9-15-35/h1-28H/b27-18+. The lowest BCUT2D eigenvalue weighted by molar-refractivity contribution is 0.590. The second-order valence-electron chi connectivity index (χ2n) is 10.1. The van der Waals surface area contributed by atoms with Crippen molar-refractivity contribution >= 4 is 40.3 Å². The molecule has 0 amide bonds. The number of para-hydroxylation sites is 2. The molecule has 1 heterocycles. The molecular formula is C39H28N2O. The van der Waals surface area contributed by atoms with E-state index in [0.29, 0.717) is 5.89 Å². The highest BCUT2D eigenvalue weighted by molar-refractivity contribution is 5.83. The summed E-state index contributed by atoms with van der Waals surface area (Å²) in [7, 11) is 0. The molecule has 0 unspecified atom stereocenters. The van der Waals surface area contributed by atoms with Gasteiger partial charge in [-0.2, -0.15) is 0 Å². The number of benzene rings is 6. The van der Waals surface area contributed by atoms with Crippen molar-refractivity contribution < 1.29 is 4.42 Å². The monoisotopic (exact) mass is 540 g/mol. The molecule has 0 saturated heterocycles. The predicted octanol–water partition coefficient (Wildman–Crippen LogP) is 10.8. The van der Waals surface area contributed by atoms with Gasteiger partial charge < -0.3 is 9.32 Å². The second-order valence-corrected chi connectivity index (χ2v) is 10.1. The molecule has 0 bridgehead atoms. The zero-order valence-electron chi connectivity index (χ0n) is 23.0. The first kappa shape index (κ1) is 25.3. The van der Waals surface area contributed by atoms with E-state index in [9.17, 15) is 0 Å². The van der Waals surface area contributed by atoms with E-state index < -0.39 is 0 Å². The smallest absolute Gasteiger partial charge is 0.220 e. The van der Waals surface area contributed by atoms with Gasteiger partial charge in [-0.3, -0.25) is 0 Å². The Balaban J connectivity index is 1.10. The van der Waals surface area contributed by atoms with E-state index in [0.717, 1.165) is 44.9 Å². The minimum absolute atomic E-state index is 0.584. The summed E-state index contributed by atoms with van der Waals surface area (Å²) < 4.78 is 6.03. The van der Waals surface area contributed by atoms with Gasteiger partial charge in [0.2, 0.25) is 5.89 Å². The second kappa shape index (κ2) is 11.4. The third-order valence-electron chi connectivity index (χ3n) is 7.33. The Morgan fingerprint density at radius 1 is 0.452 bits per heavy atom. The lowest BCUT2D eigenvalue weighted by Crippen LogP contribution is -2.09. The van der Waals surface area contributed by atoms with Crippen LogP contribution in [0.5, 0.6) is 0 Å². The number of aromatic nitrogens is 1. The maximum absolute atomic E-state index is 6.03. The molecule has 7 aromatic rings. The average molecular weight is 541 g/mol. The van der Waals surface area contributed by atoms with Gasteiger partial charge in [0.1, 0.15) is 5.52 Å². The minimum Gasteiger partial charge on any atom is -0.437 e. The van der Waals surface area contributed by atoms with Crippen LogP contribution in [-0.2, 0) is 0 Å². The molecule has 3 nitrogen and oxygen atoms in total. The van der Waals surface area contributed by atoms with Gasteiger partial charge in [0.15, 0.2) is 5.58 Å². The SMILES string of the molecule is C(=C\c1nc2cc(-c3ccc(-c4ccccc4)cc3)ccc2o1)/c1ccc(N(c2ccccc2)c2ccccc2)cc1. The normalized spacial score (nSPS) is 11.2. The molecule has 0 aliphatic heterocycles. The average Bonchev–Trinajstić information content (AvgIpc) is 3.48. The molecule has 200 valence electrons. The Kier molecular flexibility index (Phi) is 6.89. The highest BCUT2D eigenvalue weighted by atomic mass is 16.3. The van der Waals surface area contributed by atoms with Crippen molar-refractivity contribution in [1.29, 1.82) is 0 Å². The van der Waals surface area contributed by atoms with Crippen molar-refractivity contribution in [3.8, 4) is 22.3 Å². The predicted molar refractivity (Wildman–Crippen MR) is 175 cm³/mol. The third kappa shape index (κ3) is 5.36.